The Morgan fingerprint density at radius 1 is 0.696 bits per heavy atom. The third kappa shape index (κ3) is 13.6. The molecular weight excluding hydrogens is 720 g/mol. The van der Waals surface area contributed by atoms with Crippen molar-refractivity contribution in [3.8, 4) is 0 Å². The largest absolute Gasteiger partial charge is 0.444 e. The molecule has 56 heavy (non-hydrogen) atoms. The van der Waals surface area contributed by atoms with E-state index in [0.717, 1.165) is 28.3 Å². The Hall–Kier alpha value is -4.49. The molecule has 11 heteroatoms. The van der Waals surface area contributed by atoms with E-state index in [-0.39, 0.29) is 33.0 Å². The van der Waals surface area contributed by atoms with Crippen molar-refractivity contribution < 1.29 is 46.7 Å². The van der Waals surface area contributed by atoms with Crippen molar-refractivity contribution >= 4 is 6.09 Å². The molecule has 1 saturated heterocycles. The first-order valence-electron chi connectivity index (χ1n) is 18.8. The van der Waals surface area contributed by atoms with Crippen LogP contribution in [0.15, 0.2) is 134 Å². The van der Waals surface area contributed by atoms with Gasteiger partial charge in [0.15, 0.2) is 6.29 Å². The molecule has 4 aromatic carbocycles. The van der Waals surface area contributed by atoms with Gasteiger partial charge in [0.25, 0.3) is 5.92 Å². The van der Waals surface area contributed by atoms with Crippen LogP contribution in [0.4, 0.5) is 13.6 Å². The fourth-order valence-electron chi connectivity index (χ4n) is 6.13. The molecule has 300 valence electrons. The van der Waals surface area contributed by atoms with Crippen molar-refractivity contribution in [3.63, 3.8) is 0 Å². The van der Waals surface area contributed by atoms with Crippen molar-refractivity contribution in [2.45, 2.75) is 102 Å². The average molecular weight is 774 g/mol. The summed E-state index contributed by atoms with van der Waals surface area (Å²) in [5.41, 5.74) is 2.74. The molecule has 1 heterocycles. The van der Waals surface area contributed by atoms with E-state index in [1.807, 2.05) is 121 Å². The minimum Gasteiger partial charge on any atom is -0.444 e. The highest BCUT2D eigenvalue weighted by atomic mass is 19.3. The Morgan fingerprint density at radius 2 is 1.14 bits per heavy atom. The fraction of sp³-hybridized carbons (Fsp3) is 0.400. The summed E-state index contributed by atoms with van der Waals surface area (Å²) in [6.07, 6.45) is -5.27. The van der Waals surface area contributed by atoms with Gasteiger partial charge >= 0.3 is 6.09 Å². The maximum absolute atomic E-state index is 15.7. The number of alkyl carbamates (subject to hydrolysis) is 1. The van der Waals surface area contributed by atoms with Gasteiger partial charge < -0.3 is 38.5 Å². The number of rotatable bonds is 20. The van der Waals surface area contributed by atoms with Crippen LogP contribution >= 0.6 is 0 Å². The number of amides is 1. The number of alkyl halides is 2. The molecule has 0 bridgehead atoms. The van der Waals surface area contributed by atoms with E-state index >= 15 is 8.78 Å². The molecule has 1 amide bonds. The van der Waals surface area contributed by atoms with E-state index < -0.39 is 67.4 Å². The van der Waals surface area contributed by atoms with Gasteiger partial charge in [-0.05, 0) is 43.0 Å². The first-order valence-corrected chi connectivity index (χ1v) is 18.8. The van der Waals surface area contributed by atoms with Crippen LogP contribution in [0, 0.1) is 0 Å². The van der Waals surface area contributed by atoms with Gasteiger partial charge in [0.1, 0.15) is 36.1 Å². The number of ether oxygens (including phenoxy) is 7. The van der Waals surface area contributed by atoms with E-state index in [2.05, 4.69) is 11.9 Å². The number of benzene rings is 4. The zero-order chi connectivity index (χ0) is 39.8. The topological polar surface area (TPSA) is 93.7 Å². The molecule has 4 aromatic rings. The summed E-state index contributed by atoms with van der Waals surface area (Å²) in [5.74, 6) is -3.45. The Morgan fingerprint density at radius 3 is 1.61 bits per heavy atom. The van der Waals surface area contributed by atoms with E-state index in [0.29, 0.717) is 0 Å². The lowest BCUT2D eigenvalue weighted by molar-refractivity contribution is -0.330. The van der Waals surface area contributed by atoms with Crippen LogP contribution in [0.5, 0.6) is 0 Å². The van der Waals surface area contributed by atoms with E-state index in [1.165, 1.54) is 0 Å². The number of carbonyl (C=O) groups excluding carboxylic acids is 1. The van der Waals surface area contributed by atoms with Crippen LogP contribution in [-0.2, 0) is 59.6 Å². The predicted molar refractivity (Wildman–Crippen MR) is 209 cm³/mol. The van der Waals surface area contributed by atoms with Crippen molar-refractivity contribution in [1.82, 2.24) is 5.32 Å². The molecule has 1 aliphatic heterocycles. The van der Waals surface area contributed by atoms with Crippen LogP contribution in [0.1, 0.15) is 49.4 Å². The zero-order valence-electron chi connectivity index (χ0n) is 32.3. The Labute approximate surface area is 328 Å². The summed E-state index contributed by atoms with van der Waals surface area (Å²) in [4.78, 5) is 12.8. The zero-order valence-corrected chi connectivity index (χ0v) is 32.3. The number of allylic oxidation sites excluding steroid dienone is 1. The van der Waals surface area contributed by atoms with Gasteiger partial charge in [-0.1, -0.05) is 127 Å². The summed E-state index contributed by atoms with van der Waals surface area (Å²) < 4.78 is 75.7. The molecule has 1 aliphatic rings. The van der Waals surface area contributed by atoms with Gasteiger partial charge in [0.05, 0.1) is 39.6 Å². The number of nitrogens with one attached hydrogen (secondary N) is 1. The summed E-state index contributed by atoms with van der Waals surface area (Å²) in [7, 11) is 0. The second-order valence-corrected chi connectivity index (χ2v) is 14.6. The molecule has 9 nitrogen and oxygen atoms in total. The molecular formula is C45H53F2NO8. The molecule has 0 aromatic heterocycles. The maximum atomic E-state index is 15.7. The summed E-state index contributed by atoms with van der Waals surface area (Å²) >= 11 is 0. The fourth-order valence-corrected chi connectivity index (χ4v) is 6.13. The Kier molecular flexibility index (Phi) is 16.1. The van der Waals surface area contributed by atoms with Crippen LogP contribution in [-0.4, -0.2) is 67.6 Å². The average Bonchev–Trinajstić information content (AvgIpc) is 3.18. The van der Waals surface area contributed by atoms with Gasteiger partial charge in [-0.3, -0.25) is 0 Å². The van der Waals surface area contributed by atoms with Gasteiger partial charge in [-0.2, -0.15) is 0 Å². The highest BCUT2D eigenvalue weighted by molar-refractivity contribution is 5.68. The second kappa shape index (κ2) is 21.2. The number of halogens is 2. The Balaban J connectivity index is 1.49. The number of hydrogen-bond donors (Lipinski definition) is 1. The molecule has 0 unspecified atom stereocenters. The second-order valence-electron chi connectivity index (χ2n) is 14.6. The van der Waals surface area contributed by atoms with Crippen LogP contribution < -0.4 is 5.32 Å². The lowest BCUT2D eigenvalue weighted by Gasteiger charge is -2.46. The van der Waals surface area contributed by atoms with Gasteiger partial charge in [0.2, 0.25) is 0 Å². The van der Waals surface area contributed by atoms with Crippen LogP contribution in [0.2, 0.25) is 0 Å². The molecule has 5 rings (SSSR count). The minimum atomic E-state index is -3.45. The molecule has 1 fully saturated rings. The Bertz CT molecular complexity index is 1730. The molecule has 0 spiro atoms. The van der Waals surface area contributed by atoms with Crippen molar-refractivity contribution in [2.75, 3.05) is 13.2 Å². The normalized spacial score (nSPS) is 20.6. The van der Waals surface area contributed by atoms with E-state index in [1.54, 1.807) is 20.8 Å². The van der Waals surface area contributed by atoms with Crippen LogP contribution in [0.3, 0.4) is 0 Å². The lowest BCUT2D eigenvalue weighted by Crippen LogP contribution is -2.62. The third-order valence-electron chi connectivity index (χ3n) is 8.89. The maximum Gasteiger partial charge on any atom is 0.408 e. The smallest absolute Gasteiger partial charge is 0.408 e. The highest BCUT2D eigenvalue weighted by Gasteiger charge is 2.50. The quantitative estimate of drug-likeness (QED) is 0.0892. The first kappa shape index (κ1) is 42.6. The standard InChI is InChI=1S/C45H53F2NO8/c1-5-26-45(46,47)38(48-43(49)56-44(2,3)4)32-54-42-41(53-30-36-24-16-9-17-25-36)40(52-29-35-22-14-8-15-23-35)39(51-28-34-20-12-7-13-21-34)37(55-42)31-50-27-33-18-10-6-11-19-33/h5-25,37-42H,1,26-32H2,2-4H3,(H,48,49)/t37-,38+,39+,40+,41-,42+/m1/s1. The third-order valence-corrected chi connectivity index (χ3v) is 8.89. The summed E-state index contributed by atoms with van der Waals surface area (Å²) in [5, 5.41) is 2.32. The molecule has 0 saturated carbocycles. The number of carbonyl (C=O) groups is 1. The van der Waals surface area contributed by atoms with Gasteiger partial charge in [-0.25, -0.2) is 13.6 Å². The number of hydrogen-bond acceptors (Lipinski definition) is 8. The van der Waals surface area contributed by atoms with Crippen molar-refractivity contribution in [3.05, 3.63) is 156 Å². The van der Waals surface area contributed by atoms with Crippen molar-refractivity contribution in [1.29, 1.82) is 0 Å². The predicted octanol–water partition coefficient (Wildman–Crippen LogP) is 8.81. The molecule has 0 radical (unpaired) electrons. The summed E-state index contributed by atoms with van der Waals surface area (Å²) in [6, 6.07) is 36.8. The first-order chi connectivity index (χ1) is 27.0. The monoisotopic (exact) mass is 773 g/mol. The highest BCUT2D eigenvalue weighted by Crippen LogP contribution is 2.33. The lowest BCUT2D eigenvalue weighted by atomic mass is 9.97. The van der Waals surface area contributed by atoms with Crippen molar-refractivity contribution in [2.24, 2.45) is 0 Å². The SMILES string of the molecule is C=CCC(F)(F)[C@H](CO[C@H]1O[C@H](COCc2ccccc2)[C@H](OCc2ccccc2)[C@H](OCc2ccccc2)[C@H]1OCc1ccccc1)NC(=O)OC(C)(C)C. The minimum absolute atomic E-state index is 0.0526. The van der Waals surface area contributed by atoms with Gasteiger partial charge in [-0.15, -0.1) is 6.58 Å². The van der Waals surface area contributed by atoms with Crippen LogP contribution in [0.25, 0.3) is 0 Å². The summed E-state index contributed by atoms with van der Waals surface area (Å²) in [6.45, 7) is 8.66. The van der Waals surface area contributed by atoms with Gasteiger partial charge in [0, 0.05) is 6.42 Å². The van der Waals surface area contributed by atoms with E-state index in [4.69, 9.17) is 33.2 Å². The molecule has 1 N–H and O–H groups in total. The van der Waals surface area contributed by atoms with E-state index in [9.17, 15) is 4.79 Å². The molecule has 0 aliphatic carbocycles. The molecule has 6 atom stereocenters.